The van der Waals surface area contributed by atoms with Gasteiger partial charge >= 0.3 is 0 Å². The highest BCUT2D eigenvalue weighted by molar-refractivity contribution is 5.17. The predicted molar refractivity (Wildman–Crippen MR) is 75.7 cm³/mol. The maximum Gasteiger partial charge on any atom is 0.106 e. The Morgan fingerprint density at radius 1 is 0.950 bits per heavy atom. The molecule has 0 aliphatic carbocycles. The summed E-state index contributed by atoms with van der Waals surface area (Å²) in [6, 6.07) is 9.84. The van der Waals surface area contributed by atoms with E-state index in [1.807, 2.05) is 30.3 Å². The van der Waals surface area contributed by atoms with E-state index < -0.39 is 0 Å². The second-order valence-electron chi connectivity index (χ2n) is 4.17. The van der Waals surface area contributed by atoms with Gasteiger partial charge in [0.05, 0.1) is 46.2 Å². The molecule has 0 bridgehead atoms. The van der Waals surface area contributed by atoms with Crippen molar-refractivity contribution in [3.05, 3.63) is 35.9 Å². The minimum atomic E-state index is -0.165. The van der Waals surface area contributed by atoms with E-state index in [-0.39, 0.29) is 12.7 Å². The maximum atomic E-state index is 8.86. The lowest BCUT2D eigenvalue weighted by molar-refractivity contribution is -0.0435. The van der Waals surface area contributed by atoms with Gasteiger partial charge in [0.25, 0.3) is 0 Å². The molecular formula is C15H24O5. The van der Waals surface area contributed by atoms with E-state index >= 15 is 0 Å². The molecule has 1 aromatic carbocycles. The normalized spacial score (nSPS) is 12.5. The Bertz CT molecular complexity index is 317. The summed E-state index contributed by atoms with van der Waals surface area (Å²) in [4.78, 5) is 0. The third-order valence-corrected chi connectivity index (χ3v) is 2.65. The van der Waals surface area contributed by atoms with E-state index in [4.69, 9.17) is 24.1 Å². The van der Waals surface area contributed by atoms with Gasteiger partial charge in [-0.1, -0.05) is 30.3 Å². The molecule has 5 heteroatoms. The molecule has 0 heterocycles. The molecule has 1 rings (SSSR count). The third kappa shape index (κ3) is 7.57. The van der Waals surface area contributed by atoms with Crippen LogP contribution >= 0.6 is 0 Å². The summed E-state index contributed by atoms with van der Waals surface area (Å²) in [7, 11) is 1.64. The summed E-state index contributed by atoms with van der Waals surface area (Å²) in [5.74, 6) is 0. The van der Waals surface area contributed by atoms with Gasteiger partial charge in [-0.15, -0.1) is 0 Å². The summed E-state index contributed by atoms with van der Waals surface area (Å²) in [5.41, 5.74) is 1.04. The zero-order chi connectivity index (χ0) is 14.5. The topological polar surface area (TPSA) is 57.2 Å². The van der Waals surface area contributed by atoms with Gasteiger partial charge in [-0.3, -0.25) is 0 Å². The van der Waals surface area contributed by atoms with Crippen LogP contribution in [0, 0.1) is 0 Å². The van der Waals surface area contributed by atoms with Gasteiger partial charge in [-0.25, -0.2) is 0 Å². The van der Waals surface area contributed by atoms with Crippen molar-refractivity contribution in [2.75, 3.05) is 53.4 Å². The number of methoxy groups -OCH3 is 1. The van der Waals surface area contributed by atoms with E-state index in [1.54, 1.807) is 7.11 Å². The molecule has 0 saturated heterocycles. The number of benzene rings is 1. The van der Waals surface area contributed by atoms with Crippen molar-refractivity contribution < 1.29 is 24.1 Å². The lowest BCUT2D eigenvalue weighted by Crippen LogP contribution is -2.16. The highest BCUT2D eigenvalue weighted by Gasteiger charge is 2.11. The largest absolute Gasteiger partial charge is 0.394 e. The Morgan fingerprint density at radius 2 is 1.65 bits per heavy atom. The van der Waals surface area contributed by atoms with Crippen LogP contribution in [0.4, 0.5) is 0 Å². The van der Waals surface area contributed by atoms with Crippen molar-refractivity contribution in [1.82, 2.24) is 0 Å². The number of aliphatic hydroxyl groups excluding tert-OH is 1. The molecule has 0 amide bonds. The highest BCUT2D eigenvalue weighted by Crippen LogP contribution is 2.17. The van der Waals surface area contributed by atoms with E-state index in [0.29, 0.717) is 39.6 Å². The number of aliphatic hydroxyl groups is 1. The molecule has 0 aliphatic rings. The summed E-state index contributed by atoms with van der Waals surface area (Å²) >= 11 is 0. The first-order valence-electron chi connectivity index (χ1n) is 6.80. The quantitative estimate of drug-likeness (QED) is 0.588. The van der Waals surface area contributed by atoms with E-state index in [2.05, 4.69) is 0 Å². The van der Waals surface area contributed by atoms with Crippen LogP contribution in [0.2, 0.25) is 0 Å². The van der Waals surface area contributed by atoms with E-state index in [1.165, 1.54) is 0 Å². The fourth-order valence-corrected chi connectivity index (χ4v) is 1.66. The SMILES string of the molecule is COCCOCCOCC(OCCO)c1ccccc1. The number of rotatable bonds is 12. The number of hydrogen-bond acceptors (Lipinski definition) is 5. The first kappa shape index (κ1) is 17.1. The van der Waals surface area contributed by atoms with Crippen molar-refractivity contribution in [3.63, 3.8) is 0 Å². The first-order valence-corrected chi connectivity index (χ1v) is 6.80. The Hall–Kier alpha value is -0.980. The van der Waals surface area contributed by atoms with E-state index in [0.717, 1.165) is 5.56 Å². The van der Waals surface area contributed by atoms with Gasteiger partial charge in [-0.2, -0.15) is 0 Å². The lowest BCUT2D eigenvalue weighted by atomic mass is 10.1. The van der Waals surface area contributed by atoms with Crippen LogP contribution in [-0.4, -0.2) is 58.5 Å². The Kier molecular flexibility index (Phi) is 10.1. The molecule has 0 saturated carbocycles. The molecular weight excluding hydrogens is 260 g/mol. The first-order chi connectivity index (χ1) is 9.88. The van der Waals surface area contributed by atoms with Gasteiger partial charge in [0.2, 0.25) is 0 Å². The van der Waals surface area contributed by atoms with Gasteiger partial charge in [0.15, 0.2) is 0 Å². The number of hydrogen-bond donors (Lipinski definition) is 1. The Balaban J connectivity index is 2.24. The molecule has 5 nitrogen and oxygen atoms in total. The Labute approximate surface area is 120 Å². The fourth-order valence-electron chi connectivity index (χ4n) is 1.66. The molecule has 0 radical (unpaired) electrons. The van der Waals surface area contributed by atoms with Gasteiger partial charge in [0, 0.05) is 7.11 Å². The van der Waals surface area contributed by atoms with Crippen LogP contribution < -0.4 is 0 Å². The molecule has 1 unspecified atom stereocenters. The van der Waals surface area contributed by atoms with E-state index in [9.17, 15) is 0 Å². The zero-order valence-electron chi connectivity index (χ0n) is 12.0. The lowest BCUT2D eigenvalue weighted by Gasteiger charge is -2.18. The zero-order valence-corrected chi connectivity index (χ0v) is 12.0. The fraction of sp³-hybridized carbons (Fsp3) is 0.600. The second-order valence-corrected chi connectivity index (χ2v) is 4.17. The summed E-state index contributed by atoms with van der Waals surface area (Å²) in [6.45, 7) is 2.95. The van der Waals surface area contributed by atoms with Crippen molar-refractivity contribution in [2.45, 2.75) is 6.10 Å². The minimum absolute atomic E-state index is 0.00343. The molecule has 114 valence electrons. The van der Waals surface area contributed by atoms with Crippen LogP contribution in [-0.2, 0) is 18.9 Å². The average Bonchev–Trinajstić information content (AvgIpc) is 2.50. The summed E-state index contributed by atoms with van der Waals surface area (Å²) in [6.07, 6.45) is -0.165. The molecule has 0 spiro atoms. The second kappa shape index (κ2) is 11.8. The van der Waals surface area contributed by atoms with Gasteiger partial charge in [0.1, 0.15) is 6.10 Å². The summed E-state index contributed by atoms with van der Waals surface area (Å²) in [5, 5.41) is 8.86. The van der Waals surface area contributed by atoms with Crippen molar-refractivity contribution >= 4 is 0 Å². The maximum absolute atomic E-state index is 8.86. The highest BCUT2D eigenvalue weighted by atomic mass is 16.6. The van der Waals surface area contributed by atoms with Crippen molar-refractivity contribution in [3.8, 4) is 0 Å². The van der Waals surface area contributed by atoms with Crippen molar-refractivity contribution in [1.29, 1.82) is 0 Å². The van der Waals surface area contributed by atoms with Crippen LogP contribution in [0.5, 0.6) is 0 Å². The molecule has 0 fully saturated rings. The molecule has 0 aromatic heterocycles. The van der Waals surface area contributed by atoms with Crippen LogP contribution in [0.1, 0.15) is 11.7 Å². The molecule has 0 aliphatic heterocycles. The monoisotopic (exact) mass is 284 g/mol. The molecule has 20 heavy (non-hydrogen) atoms. The smallest absolute Gasteiger partial charge is 0.106 e. The van der Waals surface area contributed by atoms with Crippen LogP contribution in [0.15, 0.2) is 30.3 Å². The predicted octanol–water partition coefficient (Wildman–Crippen LogP) is 1.42. The average molecular weight is 284 g/mol. The Morgan fingerprint density at radius 3 is 2.35 bits per heavy atom. The standard InChI is InChI=1S/C15H24O5/c1-17-9-10-18-11-12-19-13-15(20-8-7-16)14-5-3-2-4-6-14/h2-6,15-16H,7-13H2,1H3. The van der Waals surface area contributed by atoms with Gasteiger partial charge < -0.3 is 24.1 Å². The van der Waals surface area contributed by atoms with Crippen molar-refractivity contribution in [2.24, 2.45) is 0 Å². The number of ether oxygens (including phenoxy) is 4. The molecule has 1 atom stereocenters. The molecule has 1 aromatic rings. The van der Waals surface area contributed by atoms with Crippen LogP contribution in [0.25, 0.3) is 0 Å². The van der Waals surface area contributed by atoms with Crippen LogP contribution in [0.3, 0.4) is 0 Å². The summed E-state index contributed by atoms with van der Waals surface area (Å²) < 4.78 is 21.3. The van der Waals surface area contributed by atoms with Gasteiger partial charge in [-0.05, 0) is 5.56 Å². The minimum Gasteiger partial charge on any atom is -0.394 e. The molecule has 1 N–H and O–H groups in total. The third-order valence-electron chi connectivity index (χ3n) is 2.65.